The normalized spacial score (nSPS) is 19.6. The Labute approximate surface area is 92.7 Å². The summed E-state index contributed by atoms with van der Waals surface area (Å²) in [6.45, 7) is 7.68. The molecule has 0 N–H and O–H groups in total. The standard InChI is InChI=1S/C13H22O2/c1-10(2)9-11(3)13(14)15-12-7-5-4-6-8-12/h11-12H,1,4-9H2,2-3H3. The highest BCUT2D eigenvalue weighted by Crippen LogP contribution is 2.22. The average molecular weight is 210 g/mol. The lowest BCUT2D eigenvalue weighted by Gasteiger charge is -2.23. The quantitative estimate of drug-likeness (QED) is 0.524. The molecule has 1 fully saturated rings. The SMILES string of the molecule is C=C(C)CC(C)C(=O)OC1CCCCC1. The maximum absolute atomic E-state index is 11.7. The highest BCUT2D eigenvalue weighted by Gasteiger charge is 2.21. The molecular weight excluding hydrogens is 188 g/mol. The van der Waals surface area contributed by atoms with Crippen molar-refractivity contribution in [1.82, 2.24) is 0 Å². The third-order valence-corrected chi connectivity index (χ3v) is 2.89. The molecule has 1 aliphatic carbocycles. The van der Waals surface area contributed by atoms with Crippen LogP contribution < -0.4 is 0 Å². The van der Waals surface area contributed by atoms with Crippen LogP contribution in [0.3, 0.4) is 0 Å². The van der Waals surface area contributed by atoms with Gasteiger partial charge in [-0.2, -0.15) is 0 Å². The molecule has 15 heavy (non-hydrogen) atoms. The molecule has 0 aromatic heterocycles. The molecule has 0 saturated heterocycles. The van der Waals surface area contributed by atoms with Crippen LogP contribution in [0.25, 0.3) is 0 Å². The summed E-state index contributed by atoms with van der Waals surface area (Å²) in [4.78, 5) is 11.7. The van der Waals surface area contributed by atoms with Gasteiger partial charge in [0.25, 0.3) is 0 Å². The van der Waals surface area contributed by atoms with E-state index in [2.05, 4.69) is 6.58 Å². The van der Waals surface area contributed by atoms with Gasteiger partial charge >= 0.3 is 5.97 Å². The van der Waals surface area contributed by atoms with Crippen molar-refractivity contribution >= 4 is 5.97 Å². The van der Waals surface area contributed by atoms with Gasteiger partial charge in [0.15, 0.2) is 0 Å². The fourth-order valence-electron chi connectivity index (χ4n) is 2.07. The first-order chi connectivity index (χ1) is 7.09. The van der Waals surface area contributed by atoms with Crippen LogP contribution in [0.15, 0.2) is 12.2 Å². The van der Waals surface area contributed by atoms with E-state index in [1.165, 1.54) is 19.3 Å². The first-order valence-corrected chi connectivity index (χ1v) is 5.94. The summed E-state index contributed by atoms with van der Waals surface area (Å²) in [5.41, 5.74) is 1.04. The first kappa shape index (κ1) is 12.3. The second kappa shape index (κ2) is 5.94. The summed E-state index contributed by atoms with van der Waals surface area (Å²) in [7, 11) is 0. The van der Waals surface area contributed by atoms with Gasteiger partial charge in [-0.25, -0.2) is 0 Å². The second-order valence-electron chi connectivity index (χ2n) is 4.76. The van der Waals surface area contributed by atoms with Crippen molar-refractivity contribution in [2.24, 2.45) is 5.92 Å². The number of ether oxygens (including phenoxy) is 1. The van der Waals surface area contributed by atoms with Gasteiger partial charge in [0.2, 0.25) is 0 Å². The van der Waals surface area contributed by atoms with Gasteiger partial charge in [-0.15, -0.1) is 6.58 Å². The van der Waals surface area contributed by atoms with Crippen LogP contribution in [0.1, 0.15) is 52.4 Å². The molecule has 86 valence electrons. The maximum atomic E-state index is 11.7. The molecule has 1 atom stereocenters. The van der Waals surface area contributed by atoms with Crippen LogP contribution in [0, 0.1) is 5.92 Å². The van der Waals surface area contributed by atoms with Gasteiger partial charge in [-0.05, 0) is 39.0 Å². The van der Waals surface area contributed by atoms with E-state index in [1.807, 2.05) is 13.8 Å². The van der Waals surface area contributed by atoms with Gasteiger partial charge in [0, 0.05) is 0 Å². The summed E-state index contributed by atoms with van der Waals surface area (Å²) in [6, 6.07) is 0. The monoisotopic (exact) mass is 210 g/mol. The molecule has 1 aliphatic rings. The van der Waals surface area contributed by atoms with E-state index in [-0.39, 0.29) is 18.0 Å². The summed E-state index contributed by atoms with van der Waals surface area (Å²) >= 11 is 0. The van der Waals surface area contributed by atoms with Crippen LogP contribution in [0.2, 0.25) is 0 Å². The average Bonchev–Trinajstić information content (AvgIpc) is 2.18. The highest BCUT2D eigenvalue weighted by molar-refractivity contribution is 5.72. The van der Waals surface area contributed by atoms with E-state index in [9.17, 15) is 4.79 Å². The number of carbonyl (C=O) groups is 1. The molecule has 0 bridgehead atoms. The zero-order chi connectivity index (χ0) is 11.3. The topological polar surface area (TPSA) is 26.3 Å². The van der Waals surface area contributed by atoms with Crippen LogP contribution in [0.5, 0.6) is 0 Å². The fraction of sp³-hybridized carbons (Fsp3) is 0.769. The highest BCUT2D eigenvalue weighted by atomic mass is 16.5. The molecule has 0 spiro atoms. The molecule has 1 unspecified atom stereocenters. The number of esters is 1. The lowest BCUT2D eigenvalue weighted by atomic mass is 9.97. The maximum Gasteiger partial charge on any atom is 0.309 e. The third-order valence-electron chi connectivity index (χ3n) is 2.89. The van der Waals surface area contributed by atoms with Crippen molar-refractivity contribution in [2.75, 3.05) is 0 Å². The predicted octanol–water partition coefficient (Wildman–Crippen LogP) is 3.46. The lowest BCUT2D eigenvalue weighted by Crippen LogP contribution is -2.24. The fourth-order valence-corrected chi connectivity index (χ4v) is 2.07. The van der Waals surface area contributed by atoms with Crippen molar-refractivity contribution in [3.63, 3.8) is 0 Å². The number of carbonyl (C=O) groups excluding carboxylic acids is 1. The van der Waals surface area contributed by atoms with Crippen molar-refractivity contribution in [3.8, 4) is 0 Å². The summed E-state index contributed by atoms with van der Waals surface area (Å²) in [5.74, 6) is -0.0886. The van der Waals surface area contributed by atoms with Crippen LogP contribution >= 0.6 is 0 Å². The Bertz CT molecular complexity index is 227. The molecule has 0 aromatic carbocycles. The smallest absolute Gasteiger partial charge is 0.309 e. The Kier molecular flexibility index (Phi) is 4.86. The molecular formula is C13H22O2. The van der Waals surface area contributed by atoms with Crippen LogP contribution in [0.4, 0.5) is 0 Å². The zero-order valence-electron chi connectivity index (χ0n) is 9.92. The molecule has 1 saturated carbocycles. The van der Waals surface area contributed by atoms with E-state index in [0.717, 1.165) is 24.8 Å². The molecule has 2 heteroatoms. The van der Waals surface area contributed by atoms with Gasteiger partial charge in [-0.3, -0.25) is 4.79 Å². The third kappa shape index (κ3) is 4.50. The largest absolute Gasteiger partial charge is 0.462 e. The van der Waals surface area contributed by atoms with Gasteiger partial charge in [-0.1, -0.05) is 18.9 Å². The summed E-state index contributed by atoms with van der Waals surface area (Å²) in [6.07, 6.45) is 6.70. The zero-order valence-corrected chi connectivity index (χ0v) is 9.92. The number of rotatable bonds is 4. The Morgan fingerprint density at radius 3 is 2.53 bits per heavy atom. The minimum Gasteiger partial charge on any atom is -0.462 e. The molecule has 0 amide bonds. The van der Waals surface area contributed by atoms with Gasteiger partial charge in [0.1, 0.15) is 6.10 Å². The molecule has 0 radical (unpaired) electrons. The summed E-state index contributed by atoms with van der Waals surface area (Å²) < 4.78 is 5.47. The number of allylic oxidation sites excluding steroid dienone is 1. The first-order valence-electron chi connectivity index (χ1n) is 5.94. The van der Waals surface area contributed by atoms with Crippen molar-refractivity contribution in [1.29, 1.82) is 0 Å². The molecule has 0 aromatic rings. The van der Waals surface area contributed by atoms with E-state index in [0.29, 0.717) is 0 Å². The summed E-state index contributed by atoms with van der Waals surface area (Å²) in [5, 5.41) is 0. The van der Waals surface area contributed by atoms with E-state index < -0.39 is 0 Å². The van der Waals surface area contributed by atoms with E-state index in [4.69, 9.17) is 4.74 Å². The Hall–Kier alpha value is -0.790. The van der Waals surface area contributed by atoms with Crippen LogP contribution in [-0.4, -0.2) is 12.1 Å². The molecule has 1 rings (SSSR count). The van der Waals surface area contributed by atoms with E-state index >= 15 is 0 Å². The van der Waals surface area contributed by atoms with Crippen molar-refractivity contribution in [3.05, 3.63) is 12.2 Å². The van der Waals surface area contributed by atoms with Gasteiger partial charge in [0.05, 0.1) is 5.92 Å². The Morgan fingerprint density at radius 1 is 1.40 bits per heavy atom. The van der Waals surface area contributed by atoms with Crippen molar-refractivity contribution in [2.45, 2.75) is 58.5 Å². The minimum atomic E-state index is -0.0510. The van der Waals surface area contributed by atoms with E-state index in [1.54, 1.807) is 0 Å². The molecule has 2 nitrogen and oxygen atoms in total. The number of hydrogen-bond donors (Lipinski definition) is 0. The number of hydrogen-bond acceptors (Lipinski definition) is 2. The van der Waals surface area contributed by atoms with Gasteiger partial charge < -0.3 is 4.74 Å². The molecule has 0 aliphatic heterocycles. The lowest BCUT2D eigenvalue weighted by molar-refractivity contribution is -0.154. The minimum absolute atomic E-state index is 0.0376. The molecule has 0 heterocycles. The van der Waals surface area contributed by atoms with Crippen molar-refractivity contribution < 1.29 is 9.53 Å². The van der Waals surface area contributed by atoms with Crippen LogP contribution in [-0.2, 0) is 9.53 Å². The Morgan fingerprint density at radius 2 is 2.00 bits per heavy atom. The second-order valence-corrected chi connectivity index (χ2v) is 4.76. The Balaban J connectivity index is 2.30. The predicted molar refractivity (Wildman–Crippen MR) is 61.6 cm³/mol.